The molecule has 4 nitrogen and oxygen atoms in total. The molecule has 0 aliphatic heterocycles. The van der Waals surface area contributed by atoms with Crippen LogP contribution in [0.25, 0.3) is 0 Å². The molecule has 0 bridgehead atoms. The average molecular weight is 236 g/mol. The first-order chi connectivity index (χ1) is 7.99. The summed E-state index contributed by atoms with van der Waals surface area (Å²) in [6, 6.07) is 7.28. The first kappa shape index (κ1) is 13.7. The maximum absolute atomic E-state index is 10.9. The zero-order valence-electron chi connectivity index (χ0n) is 10.4. The monoisotopic (exact) mass is 236 g/mol. The van der Waals surface area contributed by atoms with Gasteiger partial charge in [0.2, 0.25) is 5.91 Å². The van der Waals surface area contributed by atoms with E-state index in [2.05, 4.69) is 4.90 Å². The number of benzene rings is 1. The number of amides is 1. The van der Waals surface area contributed by atoms with Gasteiger partial charge in [0.1, 0.15) is 0 Å². The Morgan fingerprint density at radius 2 is 2.00 bits per heavy atom. The van der Waals surface area contributed by atoms with E-state index in [1.807, 2.05) is 19.2 Å². The lowest BCUT2D eigenvalue weighted by Crippen LogP contribution is -2.22. The van der Waals surface area contributed by atoms with Gasteiger partial charge in [-0.25, -0.2) is 0 Å². The van der Waals surface area contributed by atoms with Crippen LogP contribution in [-0.4, -0.2) is 35.6 Å². The molecule has 0 aliphatic carbocycles. The van der Waals surface area contributed by atoms with E-state index in [-0.39, 0.29) is 6.10 Å². The summed E-state index contributed by atoms with van der Waals surface area (Å²) in [4.78, 5) is 13.0. The number of aliphatic hydroxyl groups is 1. The summed E-state index contributed by atoms with van der Waals surface area (Å²) >= 11 is 0. The summed E-state index contributed by atoms with van der Waals surface area (Å²) in [5.74, 6) is -0.404. The Morgan fingerprint density at radius 3 is 2.47 bits per heavy atom. The van der Waals surface area contributed by atoms with Gasteiger partial charge in [-0.2, -0.15) is 0 Å². The fourth-order valence-corrected chi connectivity index (χ4v) is 1.57. The van der Waals surface area contributed by atoms with Crippen LogP contribution in [0.4, 0.5) is 0 Å². The van der Waals surface area contributed by atoms with Crippen LogP contribution in [0.5, 0.6) is 0 Å². The van der Waals surface area contributed by atoms with Gasteiger partial charge in [0.05, 0.1) is 6.10 Å². The van der Waals surface area contributed by atoms with Gasteiger partial charge in [0.25, 0.3) is 0 Å². The van der Waals surface area contributed by atoms with Crippen molar-refractivity contribution in [2.45, 2.75) is 26.0 Å². The Kier molecular flexibility index (Phi) is 5.12. The van der Waals surface area contributed by atoms with Gasteiger partial charge in [-0.1, -0.05) is 12.1 Å². The predicted octanol–water partition coefficient (Wildman–Crippen LogP) is 0.988. The van der Waals surface area contributed by atoms with Crippen molar-refractivity contribution in [3.8, 4) is 0 Å². The van der Waals surface area contributed by atoms with Crippen LogP contribution in [0.1, 0.15) is 29.3 Å². The number of carbonyl (C=O) groups excluding carboxylic acids is 1. The van der Waals surface area contributed by atoms with E-state index in [1.165, 1.54) is 0 Å². The Hall–Kier alpha value is -1.39. The number of carbonyl (C=O) groups is 1. The maximum atomic E-state index is 10.9. The van der Waals surface area contributed by atoms with E-state index in [1.54, 1.807) is 19.1 Å². The van der Waals surface area contributed by atoms with Gasteiger partial charge in [0.15, 0.2) is 0 Å². The summed E-state index contributed by atoms with van der Waals surface area (Å²) in [5, 5.41) is 9.19. The molecule has 0 spiro atoms. The van der Waals surface area contributed by atoms with Crippen molar-refractivity contribution >= 4 is 5.91 Å². The molecule has 0 fully saturated rings. The van der Waals surface area contributed by atoms with Crippen molar-refractivity contribution in [1.82, 2.24) is 4.90 Å². The molecule has 0 aliphatic rings. The summed E-state index contributed by atoms with van der Waals surface area (Å²) in [7, 11) is 2.00. The number of rotatable bonds is 6. The summed E-state index contributed by atoms with van der Waals surface area (Å²) in [6.07, 6.45) is 0.491. The van der Waals surface area contributed by atoms with E-state index >= 15 is 0 Å². The normalized spacial score (nSPS) is 12.7. The first-order valence-corrected chi connectivity index (χ1v) is 5.74. The second-order valence-electron chi connectivity index (χ2n) is 4.44. The topological polar surface area (TPSA) is 66.6 Å². The molecule has 1 rings (SSSR count). The fourth-order valence-electron chi connectivity index (χ4n) is 1.57. The van der Waals surface area contributed by atoms with Crippen LogP contribution in [0.15, 0.2) is 24.3 Å². The SMILES string of the molecule is CC(O)CCN(C)Cc1ccc(C(N)=O)cc1. The minimum atomic E-state index is -0.404. The molecule has 0 radical (unpaired) electrons. The molecule has 0 aromatic heterocycles. The zero-order chi connectivity index (χ0) is 12.8. The minimum Gasteiger partial charge on any atom is -0.393 e. The molecule has 17 heavy (non-hydrogen) atoms. The van der Waals surface area contributed by atoms with Gasteiger partial charge in [0, 0.05) is 18.7 Å². The molecule has 4 heteroatoms. The summed E-state index contributed by atoms with van der Waals surface area (Å²) in [5.41, 5.74) is 6.82. The van der Waals surface area contributed by atoms with Crippen molar-refractivity contribution in [2.24, 2.45) is 5.73 Å². The first-order valence-electron chi connectivity index (χ1n) is 5.74. The second-order valence-corrected chi connectivity index (χ2v) is 4.44. The smallest absolute Gasteiger partial charge is 0.248 e. The number of primary amides is 1. The summed E-state index contributed by atoms with van der Waals surface area (Å²) < 4.78 is 0. The van der Waals surface area contributed by atoms with Gasteiger partial charge < -0.3 is 15.7 Å². The highest BCUT2D eigenvalue weighted by atomic mass is 16.3. The molecule has 1 atom stereocenters. The lowest BCUT2D eigenvalue weighted by molar-refractivity contribution is 0.1000. The Morgan fingerprint density at radius 1 is 1.41 bits per heavy atom. The molecule has 1 aromatic rings. The van der Waals surface area contributed by atoms with Crippen LogP contribution in [0.3, 0.4) is 0 Å². The van der Waals surface area contributed by atoms with E-state index in [9.17, 15) is 9.90 Å². The second kappa shape index (κ2) is 6.37. The highest BCUT2D eigenvalue weighted by molar-refractivity contribution is 5.92. The van der Waals surface area contributed by atoms with Crippen LogP contribution in [0.2, 0.25) is 0 Å². The van der Waals surface area contributed by atoms with Gasteiger partial charge in [-0.3, -0.25) is 4.79 Å². The molecule has 0 saturated carbocycles. The predicted molar refractivity (Wildman–Crippen MR) is 67.6 cm³/mol. The number of nitrogens with two attached hydrogens (primary N) is 1. The zero-order valence-corrected chi connectivity index (χ0v) is 10.4. The van der Waals surface area contributed by atoms with Crippen molar-refractivity contribution < 1.29 is 9.90 Å². The third-order valence-corrected chi connectivity index (χ3v) is 2.62. The average Bonchev–Trinajstić information content (AvgIpc) is 2.27. The van der Waals surface area contributed by atoms with Crippen LogP contribution >= 0.6 is 0 Å². The van der Waals surface area contributed by atoms with E-state index in [0.29, 0.717) is 5.56 Å². The standard InChI is InChI=1S/C13H20N2O2/c1-10(16)7-8-15(2)9-11-3-5-12(6-4-11)13(14)17/h3-6,10,16H,7-9H2,1-2H3,(H2,14,17). The Balaban J connectivity index is 2.48. The van der Waals surface area contributed by atoms with E-state index in [0.717, 1.165) is 25.1 Å². The van der Waals surface area contributed by atoms with E-state index in [4.69, 9.17) is 5.73 Å². The number of aliphatic hydroxyl groups excluding tert-OH is 1. The highest BCUT2D eigenvalue weighted by Gasteiger charge is 2.04. The summed E-state index contributed by atoms with van der Waals surface area (Å²) in [6.45, 7) is 3.43. The molecular formula is C13H20N2O2. The maximum Gasteiger partial charge on any atom is 0.248 e. The van der Waals surface area contributed by atoms with Crippen LogP contribution < -0.4 is 5.73 Å². The van der Waals surface area contributed by atoms with Crippen molar-refractivity contribution in [2.75, 3.05) is 13.6 Å². The highest BCUT2D eigenvalue weighted by Crippen LogP contribution is 2.07. The Labute approximate surface area is 102 Å². The van der Waals surface area contributed by atoms with Crippen LogP contribution in [0, 0.1) is 0 Å². The van der Waals surface area contributed by atoms with Gasteiger partial charge >= 0.3 is 0 Å². The minimum absolute atomic E-state index is 0.269. The molecule has 1 unspecified atom stereocenters. The third kappa shape index (κ3) is 4.97. The molecular weight excluding hydrogens is 216 g/mol. The third-order valence-electron chi connectivity index (χ3n) is 2.62. The number of hydrogen-bond acceptors (Lipinski definition) is 3. The molecule has 94 valence electrons. The Bertz CT molecular complexity index is 360. The van der Waals surface area contributed by atoms with Crippen LogP contribution in [-0.2, 0) is 6.54 Å². The molecule has 3 N–H and O–H groups in total. The van der Waals surface area contributed by atoms with Crippen molar-refractivity contribution in [3.05, 3.63) is 35.4 Å². The van der Waals surface area contributed by atoms with Gasteiger partial charge in [-0.15, -0.1) is 0 Å². The number of nitrogens with zero attached hydrogens (tertiary/aromatic N) is 1. The quantitative estimate of drug-likeness (QED) is 0.774. The number of hydrogen-bond donors (Lipinski definition) is 2. The van der Waals surface area contributed by atoms with Gasteiger partial charge in [-0.05, 0) is 38.1 Å². The fraction of sp³-hybridized carbons (Fsp3) is 0.462. The molecule has 1 aromatic carbocycles. The lowest BCUT2D eigenvalue weighted by Gasteiger charge is -2.17. The molecule has 0 heterocycles. The van der Waals surface area contributed by atoms with E-state index < -0.39 is 5.91 Å². The largest absolute Gasteiger partial charge is 0.393 e. The molecule has 0 saturated heterocycles. The van der Waals surface area contributed by atoms with Crippen molar-refractivity contribution in [3.63, 3.8) is 0 Å². The van der Waals surface area contributed by atoms with Crippen molar-refractivity contribution in [1.29, 1.82) is 0 Å². The lowest BCUT2D eigenvalue weighted by atomic mass is 10.1. The molecule has 1 amide bonds.